The smallest absolute Gasteiger partial charge is 0.250 e. The normalized spacial score (nSPS) is 12.8. The molecule has 0 fully saturated rings. The Kier molecular flexibility index (Phi) is 3.23. The molecule has 0 unspecified atom stereocenters. The Morgan fingerprint density at radius 2 is 1.65 bits per heavy atom. The van der Waals surface area contributed by atoms with Gasteiger partial charge in [0.2, 0.25) is 0 Å². The highest BCUT2D eigenvalue weighted by atomic mass is 19.4. The van der Waals surface area contributed by atoms with Crippen LogP contribution in [-0.4, -0.2) is 14.8 Å². The first-order chi connectivity index (χ1) is 9.09. The summed E-state index contributed by atoms with van der Waals surface area (Å²) in [6.07, 6.45) is -7.33. The number of pyridine rings is 1. The number of nitrogens with zero attached hydrogens (tertiary/aromatic N) is 3. The lowest BCUT2D eigenvalue weighted by Crippen LogP contribution is -2.10. The van der Waals surface area contributed by atoms with E-state index >= 15 is 0 Å². The summed E-state index contributed by atoms with van der Waals surface area (Å²) >= 11 is 0. The molecule has 9 heteroatoms. The topological polar surface area (TPSA) is 30.7 Å². The second kappa shape index (κ2) is 4.50. The second-order valence-corrected chi connectivity index (χ2v) is 4.00. The molecule has 2 aromatic rings. The molecule has 0 spiro atoms. The van der Waals surface area contributed by atoms with Crippen LogP contribution >= 0.6 is 0 Å². The second-order valence-electron chi connectivity index (χ2n) is 4.00. The summed E-state index contributed by atoms with van der Waals surface area (Å²) in [6.45, 7) is 1.21. The molecule has 0 aliphatic carbocycles. The van der Waals surface area contributed by atoms with Crippen LogP contribution in [0.3, 0.4) is 0 Å². The van der Waals surface area contributed by atoms with Crippen LogP contribution in [0.2, 0.25) is 0 Å². The Bertz CT molecular complexity index is 609. The molecule has 2 aromatic heterocycles. The van der Waals surface area contributed by atoms with Gasteiger partial charge < -0.3 is 0 Å². The summed E-state index contributed by atoms with van der Waals surface area (Å²) in [5, 5.41) is 3.31. The number of hydrogen-bond acceptors (Lipinski definition) is 2. The molecule has 0 aliphatic heterocycles. The lowest BCUT2D eigenvalue weighted by Gasteiger charge is -2.06. The van der Waals surface area contributed by atoms with Gasteiger partial charge in [0.05, 0.1) is 11.9 Å². The molecule has 0 radical (unpaired) electrons. The maximum Gasteiger partial charge on any atom is 0.435 e. The van der Waals surface area contributed by atoms with Crippen LogP contribution in [0.25, 0.3) is 5.69 Å². The minimum Gasteiger partial charge on any atom is -0.250 e. The van der Waals surface area contributed by atoms with Crippen LogP contribution < -0.4 is 0 Å². The molecule has 0 saturated carbocycles. The minimum atomic E-state index is -4.62. The first-order valence-corrected chi connectivity index (χ1v) is 5.26. The fourth-order valence-electron chi connectivity index (χ4n) is 1.56. The van der Waals surface area contributed by atoms with Gasteiger partial charge >= 0.3 is 12.4 Å². The molecule has 2 heterocycles. The van der Waals surface area contributed by atoms with Crippen LogP contribution in [0.15, 0.2) is 24.5 Å². The maximum atomic E-state index is 12.6. The summed E-state index contributed by atoms with van der Waals surface area (Å²) in [5.74, 6) is 0. The first kappa shape index (κ1) is 14.4. The number of aryl methyl sites for hydroxylation is 1. The fourth-order valence-corrected chi connectivity index (χ4v) is 1.56. The van der Waals surface area contributed by atoms with Crippen molar-refractivity contribution in [3.63, 3.8) is 0 Å². The molecule has 0 saturated heterocycles. The van der Waals surface area contributed by atoms with Gasteiger partial charge in [0.1, 0.15) is 5.69 Å². The molecular weight excluding hydrogens is 288 g/mol. The zero-order chi connectivity index (χ0) is 15.1. The van der Waals surface area contributed by atoms with Crippen molar-refractivity contribution in [2.45, 2.75) is 19.3 Å². The number of rotatable bonds is 1. The van der Waals surface area contributed by atoms with E-state index in [1.54, 1.807) is 0 Å². The van der Waals surface area contributed by atoms with Gasteiger partial charge in [0.25, 0.3) is 0 Å². The van der Waals surface area contributed by atoms with Gasteiger partial charge in [-0.25, -0.2) is 9.67 Å². The van der Waals surface area contributed by atoms with Gasteiger partial charge in [-0.05, 0) is 24.6 Å². The van der Waals surface area contributed by atoms with E-state index in [1.165, 1.54) is 6.92 Å². The summed E-state index contributed by atoms with van der Waals surface area (Å²) in [6, 6.07) is 1.68. The van der Waals surface area contributed by atoms with Crippen LogP contribution in [-0.2, 0) is 12.4 Å². The molecule has 108 valence electrons. The Labute approximate surface area is 108 Å². The van der Waals surface area contributed by atoms with Crippen molar-refractivity contribution in [1.82, 2.24) is 14.8 Å². The monoisotopic (exact) mass is 295 g/mol. The highest BCUT2D eigenvalue weighted by Gasteiger charge is 2.36. The Morgan fingerprint density at radius 1 is 1.00 bits per heavy atom. The summed E-state index contributed by atoms with van der Waals surface area (Å²) in [7, 11) is 0. The Hall–Kier alpha value is -2.06. The van der Waals surface area contributed by atoms with Gasteiger partial charge in [0, 0.05) is 6.20 Å². The van der Waals surface area contributed by atoms with E-state index < -0.39 is 23.7 Å². The third-order valence-corrected chi connectivity index (χ3v) is 2.47. The SMILES string of the molecule is Cc1cn(-c2ccc(C(F)(F)F)nc2)nc1C(F)(F)F. The average Bonchev–Trinajstić information content (AvgIpc) is 2.70. The van der Waals surface area contributed by atoms with E-state index in [0.29, 0.717) is 6.07 Å². The molecule has 0 atom stereocenters. The van der Waals surface area contributed by atoms with Gasteiger partial charge in [-0.15, -0.1) is 0 Å². The highest BCUT2D eigenvalue weighted by Crippen LogP contribution is 2.31. The standard InChI is InChI=1S/C11H7F6N3/c1-6-5-20(19-9(6)11(15,16)17)7-2-3-8(18-4-7)10(12,13)14/h2-5H,1H3. The van der Waals surface area contributed by atoms with E-state index in [0.717, 1.165) is 23.1 Å². The predicted molar refractivity (Wildman–Crippen MR) is 56.1 cm³/mol. The van der Waals surface area contributed by atoms with Crippen LogP contribution in [0.4, 0.5) is 26.3 Å². The van der Waals surface area contributed by atoms with Gasteiger partial charge in [-0.3, -0.25) is 0 Å². The number of hydrogen-bond donors (Lipinski definition) is 0. The zero-order valence-corrected chi connectivity index (χ0v) is 9.92. The maximum absolute atomic E-state index is 12.6. The predicted octanol–water partition coefficient (Wildman–Crippen LogP) is 3.61. The molecule has 0 amide bonds. The van der Waals surface area contributed by atoms with Crippen molar-refractivity contribution in [3.8, 4) is 5.69 Å². The van der Waals surface area contributed by atoms with Crippen molar-refractivity contribution < 1.29 is 26.3 Å². The van der Waals surface area contributed by atoms with E-state index in [1.807, 2.05) is 0 Å². The Morgan fingerprint density at radius 3 is 2.05 bits per heavy atom. The number of aromatic nitrogens is 3. The Balaban J connectivity index is 2.38. The van der Waals surface area contributed by atoms with Crippen molar-refractivity contribution in [2.75, 3.05) is 0 Å². The van der Waals surface area contributed by atoms with Crippen molar-refractivity contribution in [3.05, 3.63) is 41.5 Å². The van der Waals surface area contributed by atoms with Crippen LogP contribution in [0.5, 0.6) is 0 Å². The lowest BCUT2D eigenvalue weighted by atomic mass is 10.3. The minimum absolute atomic E-state index is 0.0107. The third kappa shape index (κ3) is 2.75. The van der Waals surface area contributed by atoms with Crippen LogP contribution in [0.1, 0.15) is 17.0 Å². The zero-order valence-electron chi connectivity index (χ0n) is 9.92. The molecule has 0 aromatic carbocycles. The molecule has 3 nitrogen and oxygen atoms in total. The average molecular weight is 295 g/mol. The van der Waals surface area contributed by atoms with Crippen molar-refractivity contribution >= 4 is 0 Å². The van der Waals surface area contributed by atoms with E-state index in [4.69, 9.17) is 0 Å². The molecule has 0 bridgehead atoms. The van der Waals surface area contributed by atoms with Gasteiger partial charge in [0.15, 0.2) is 5.69 Å². The summed E-state index contributed by atoms with van der Waals surface area (Å²) < 4.78 is 75.5. The third-order valence-electron chi connectivity index (χ3n) is 2.47. The molecule has 2 rings (SSSR count). The fraction of sp³-hybridized carbons (Fsp3) is 0.273. The van der Waals surface area contributed by atoms with E-state index in [-0.39, 0.29) is 11.3 Å². The number of alkyl halides is 6. The van der Waals surface area contributed by atoms with E-state index in [9.17, 15) is 26.3 Å². The first-order valence-electron chi connectivity index (χ1n) is 5.26. The molecule has 0 aliphatic rings. The lowest BCUT2D eigenvalue weighted by molar-refractivity contribution is -0.142. The van der Waals surface area contributed by atoms with Crippen molar-refractivity contribution in [2.24, 2.45) is 0 Å². The number of halogens is 6. The quantitative estimate of drug-likeness (QED) is 0.752. The van der Waals surface area contributed by atoms with Gasteiger partial charge in [-0.1, -0.05) is 0 Å². The van der Waals surface area contributed by atoms with Crippen LogP contribution in [0, 0.1) is 6.92 Å². The highest BCUT2D eigenvalue weighted by molar-refractivity contribution is 5.32. The summed E-state index contributed by atoms with van der Waals surface area (Å²) in [5.41, 5.74) is -2.33. The largest absolute Gasteiger partial charge is 0.435 e. The molecular formula is C11H7F6N3. The van der Waals surface area contributed by atoms with Crippen molar-refractivity contribution in [1.29, 1.82) is 0 Å². The van der Waals surface area contributed by atoms with E-state index in [2.05, 4.69) is 10.1 Å². The summed E-state index contributed by atoms with van der Waals surface area (Å²) in [4.78, 5) is 3.16. The van der Waals surface area contributed by atoms with Gasteiger partial charge in [-0.2, -0.15) is 31.4 Å². The molecule has 20 heavy (non-hydrogen) atoms. The molecule has 0 N–H and O–H groups in total.